The zero-order chi connectivity index (χ0) is 10.0. The number of nitrogens with zero attached hydrogens (tertiary/aromatic N) is 2. The zero-order valence-corrected chi connectivity index (χ0v) is 6.34. The number of rotatable bonds is 2. The molecule has 0 bridgehead atoms. The molecule has 1 rings (SSSR count). The van der Waals surface area contributed by atoms with Crippen LogP contribution in [-0.4, -0.2) is 9.85 Å². The Hall–Kier alpha value is -2.18. The number of hydrogen-bond acceptors (Lipinski definition) is 5. The molecule has 0 aliphatic rings. The summed E-state index contributed by atoms with van der Waals surface area (Å²) in [6.07, 6.45) is 0. The minimum Gasteiger partial charge on any atom is -0.399 e. The quantitative estimate of drug-likeness (QED) is 0.418. The molecular weight excluding hydrogens is 178 g/mol. The molecule has 2 N–H and O–H groups in total. The Balaban J connectivity index is 3.35. The lowest BCUT2D eigenvalue weighted by Gasteiger charge is -1.95. The molecule has 7 nitrogen and oxygen atoms in total. The van der Waals surface area contributed by atoms with Crippen molar-refractivity contribution in [3.8, 4) is 0 Å². The van der Waals surface area contributed by atoms with Gasteiger partial charge in [0.15, 0.2) is 0 Å². The summed E-state index contributed by atoms with van der Waals surface area (Å²) in [6.45, 7) is 0. The summed E-state index contributed by atoms with van der Waals surface area (Å²) in [5, 5.41) is 20.6. The number of nitro benzene ring substituents is 2. The third-order valence-electron chi connectivity index (χ3n) is 1.39. The van der Waals surface area contributed by atoms with Crippen LogP contribution in [-0.2, 0) is 0 Å². The topological polar surface area (TPSA) is 112 Å². The molecule has 7 heteroatoms. The van der Waals surface area contributed by atoms with Crippen molar-refractivity contribution in [3.05, 3.63) is 38.4 Å². The van der Waals surface area contributed by atoms with Crippen LogP contribution in [0.4, 0.5) is 17.1 Å². The first-order valence-electron chi connectivity index (χ1n) is 3.20. The second-order valence-corrected chi connectivity index (χ2v) is 2.26. The molecule has 1 aromatic carbocycles. The van der Waals surface area contributed by atoms with E-state index in [4.69, 9.17) is 5.73 Å². The van der Waals surface area contributed by atoms with Gasteiger partial charge in [-0.3, -0.25) is 20.2 Å². The molecule has 0 amide bonds. The van der Waals surface area contributed by atoms with Gasteiger partial charge in [0.1, 0.15) is 0 Å². The van der Waals surface area contributed by atoms with Gasteiger partial charge in [0.25, 0.3) is 0 Å². The maximum Gasteiger partial charge on any atom is 0.348 e. The molecule has 0 saturated carbocycles. The van der Waals surface area contributed by atoms with Gasteiger partial charge in [-0.2, -0.15) is 0 Å². The van der Waals surface area contributed by atoms with E-state index in [1.165, 1.54) is 6.07 Å². The van der Waals surface area contributed by atoms with E-state index >= 15 is 0 Å². The van der Waals surface area contributed by atoms with Crippen molar-refractivity contribution in [2.45, 2.75) is 0 Å². The van der Waals surface area contributed by atoms with Crippen LogP contribution in [0.3, 0.4) is 0 Å². The van der Waals surface area contributed by atoms with Gasteiger partial charge in [-0.1, -0.05) is 0 Å². The predicted molar refractivity (Wildman–Crippen MR) is 44.2 cm³/mol. The van der Waals surface area contributed by atoms with Crippen molar-refractivity contribution in [3.63, 3.8) is 0 Å². The molecular formula is C6H5N3O4. The molecule has 0 fully saturated rings. The Morgan fingerprint density at radius 2 is 1.62 bits per heavy atom. The Labute approximate surface area is 72.1 Å². The zero-order valence-electron chi connectivity index (χ0n) is 6.34. The van der Waals surface area contributed by atoms with Crippen LogP contribution in [0.5, 0.6) is 0 Å². The van der Waals surface area contributed by atoms with E-state index in [-0.39, 0.29) is 5.69 Å². The lowest BCUT2D eigenvalue weighted by molar-refractivity contribution is -0.422. The lowest BCUT2D eigenvalue weighted by atomic mass is 10.2. The first kappa shape index (κ1) is 8.91. The van der Waals surface area contributed by atoms with Crippen molar-refractivity contribution >= 4 is 17.1 Å². The Kier molecular flexibility index (Phi) is 2.09. The smallest absolute Gasteiger partial charge is 0.348 e. The molecule has 0 aliphatic heterocycles. The number of hydrogen-bond donors (Lipinski definition) is 1. The number of nitrogens with two attached hydrogens (primary N) is 1. The third-order valence-corrected chi connectivity index (χ3v) is 1.39. The van der Waals surface area contributed by atoms with Crippen molar-refractivity contribution in [1.82, 2.24) is 0 Å². The summed E-state index contributed by atoms with van der Waals surface area (Å²) < 4.78 is 0. The van der Waals surface area contributed by atoms with E-state index in [0.717, 1.165) is 12.1 Å². The van der Waals surface area contributed by atoms with Crippen LogP contribution in [0.25, 0.3) is 0 Å². The molecule has 0 spiro atoms. The third kappa shape index (κ3) is 1.70. The van der Waals surface area contributed by atoms with E-state index in [1.807, 2.05) is 0 Å². The highest BCUT2D eigenvalue weighted by molar-refractivity contribution is 5.60. The summed E-state index contributed by atoms with van der Waals surface area (Å²) in [5.41, 5.74) is 4.21. The monoisotopic (exact) mass is 183 g/mol. The van der Waals surface area contributed by atoms with E-state index in [1.54, 1.807) is 0 Å². The van der Waals surface area contributed by atoms with Crippen LogP contribution in [0, 0.1) is 20.2 Å². The minimum absolute atomic E-state index is 0.123. The fraction of sp³-hybridized carbons (Fsp3) is 0. The van der Waals surface area contributed by atoms with Gasteiger partial charge in [0.2, 0.25) is 0 Å². The van der Waals surface area contributed by atoms with Crippen LogP contribution in [0.1, 0.15) is 0 Å². The van der Waals surface area contributed by atoms with Crippen molar-refractivity contribution in [1.29, 1.82) is 0 Å². The summed E-state index contributed by atoms with van der Waals surface area (Å²) in [5.74, 6) is 0. The number of nitrogen functional groups attached to an aromatic ring is 1. The molecule has 0 aromatic heterocycles. The Morgan fingerprint density at radius 1 is 1.08 bits per heavy atom. The molecule has 0 saturated heterocycles. The summed E-state index contributed by atoms with van der Waals surface area (Å²) in [7, 11) is 0. The predicted octanol–water partition coefficient (Wildman–Crippen LogP) is 1.09. The summed E-state index contributed by atoms with van der Waals surface area (Å²) >= 11 is 0. The highest BCUT2D eigenvalue weighted by atomic mass is 16.6. The second kappa shape index (κ2) is 3.05. The maximum atomic E-state index is 10.3. The molecule has 0 radical (unpaired) electrons. The van der Waals surface area contributed by atoms with E-state index in [0.29, 0.717) is 0 Å². The Morgan fingerprint density at radius 3 is 2.08 bits per heavy atom. The van der Waals surface area contributed by atoms with Gasteiger partial charge in [-0.05, 0) is 6.07 Å². The van der Waals surface area contributed by atoms with E-state index < -0.39 is 21.2 Å². The molecule has 0 unspecified atom stereocenters. The lowest BCUT2D eigenvalue weighted by Crippen LogP contribution is -1.97. The highest BCUT2D eigenvalue weighted by Crippen LogP contribution is 2.27. The first-order valence-corrected chi connectivity index (χ1v) is 3.20. The van der Waals surface area contributed by atoms with E-state index in [2.05, 4.69) is 0 Å². The van der Waals surface area contributed by atoms with Crippen molar-refractivity contribution < 1.29 is 9.85 Å². The van der Waals surface area contributed by atoms with Crippen LogP contribution >= 0.6 is 0 Å². The van der Waals surface area contributed by atoms with Crippen molar-refractivity contribution in [2.24, 2.45) is 0 Å². The SMILES string of the molecule is Nc1ccc([N+](=O)[O-])c([N+](=O)[O-])c1. The maximum absolute atomic E-state index is 10.3. The fourth-order valence-corrected chi connectivity index (χ4v) is 0.841. The Bertz CT molecular complexity index is 376. The van der Waals surface area contributed by atoms with Crippen LogP contribution < -0.4 is 5.73 Å². The first-order chi connectivity index (χ1) is 6.02. The average Bonchev–Trinajstić information content (AvgIpc) is 2.03. The van der Waals surface area contributed by atoms with Gasteiger partial charge in [0.05, 0.1) is 9.85 Å². The van der Waals surface area contributed by atoms with Crippen molar-refractivity contribution in [2.75, 3.05) is 5.73 Å². The largest absolute Gasteiger partial charge is 0.399 e. The number of benzene rings is 1. The van der Waals surface area contributed by atoms with E-state index in [9.17, 15) is 20.2 Å². The number of nitro groups is 2. The molecule has 0 heterocycles. The molecule has 68 valence electrons. The summed E-state index contributed by atoms with van der Waals surface area (Å²) in [6, 6.07) is 3.21. The molecule has 13 heavy (non-hydrogen) atoms. The standard InChI is InChI=1S/C6H5N3O4/c7-4-1-2-5(8(10)11)6(3-4)9(12)13/h1-3H,7H2. The van der Waals surface area contributed by atoms with Gasteiger partial charge in [0, 0.05) is 17.8 Å². The second-order valence-electron chi connectivity index (χ2n) is 2.26. The normalized spacial score (nSPS) is 9.54. The van der Waals surface area contributed by atoms with Gasteiger partial charge >= 0.3 is 11.4 Å². The van der Waals surface area contributed by atoms with Gasteiger partial charge in [-0.15, -0.1) is 0 Å². The average molecular weight is 183 g/mol. The van der Waals surface area contributed by atoms with Gasteiger partial charge < -0.3 is 5.73 Å². The highest BCUT2D eigenvalue weighted by Gasteiger charge is 2.23. The van der Waals surface area contributed by atoms with Crippen LogP contribution in [0.15, 0.2) is 18.2 Å². The fourth-order valence-electron chi connectivity index (χ4n) is 0.841. The van der Waals surface area contributed by atoms with Crippen LogP contribution in [0.2, 0.25) is 0 Å². The molecule has 1 aromatic rings. The van der Waals surface area contributed by atoms with Gasteiger partial charge in [-0.25, -0.2) is 0 Å². The minimum atomic E-state index is -0.839. The number of anilines is 1. The molecule has 0 atom stereocenters. The summed E-state index contributed by atoms with van der Waals surface area (Å²) in [4.78, 5) is 19.0. The molecule has 0 aliphatic carbocycles.